The standard InChI is InChI=1S/C14H9ClN2O3S/c15-10-1-3-12(4-2-10)20-7-13-17-11(8-21-13)5-9(6-16)14(18)19/h1-5,8H,7H2,(H,18,19)/b9-5-. The molecule has 1 N–H and O–H groups in total. The van der Waals surface area contributed by atoms with E-state index in [0.29, 0.717) is 21.5 Å². The van der Waals surface area contributed by atoms with Gasteiger partial charge in [-0.25, -0.2) is 9.78 Å². The first-order valence-corrected chi connectivity index (χ1v) is 7.02. The fourth-order valence-corrected chi connectivity index (χ4v) is 2.21. The van der Waals surface area contributed by atoms with E-state index in [4.69, 9.17) is 26.7 Å². The molecule has 1 aromatic heterocycles. The van der Waals surface area contributed by atoms with E-state index in [9.17, 15) is 4.79 Å². The average molecular weight is 321 g/mol. The Morgan fingerprint density at radius 2 is 2.19 bits per heavy atom. The third kappa shape index (κ3) is 4.31. The highest BCUT2D eigenvalue weighted by atomic mass is 35.5. The molecule has 0 aliphatic rings. The second kappa shape index (κ2) is 6.88. The summed E-state index contributed by atoms with van der Waals surface area (Å²) in [6.07, 6.45) is 1.23. The highest BCUT2D eigenvalue weighted by Gasteiger charge is 2.08. The molecule has 0 unspecified atom stereocenters. The molecule has 0 saturated heterocycles. The molecule has 0 aliphatic carbocycles. The number of halogens is 1. The number of aliphatic carboxylic acids is 1. The lowest BCUT2D eigenvalue weighted by Crippen LogP contribution is -1.98. The van der Waals surface area contributed by atoms with Gasteiger partial charge in [0.05, 0.1) is 5.69 Å². The van der Waals surface area contributed by atoms with Crippen molar-refractivity contribution in [1.29, 1.82) is 5.26 Å². The van der Waals surface area contributed by atoms with E-state index in [1.807, 2.05) is 0 Å². The van der Waals surface area contributed by atoms with Crippen molar-refractivity contribution in [2.45, 2.75) is 6.61 Å². The van der Waals surface area contributed by atoms with Gasteiger partial charge in [0.2, 0.25) is 0 Å². The second-order valence-corrected chi connectivity index (χ2v) is 5.26. The van der Waals surface area contributed by atoms with Crippen LogP contribution in [0.25, 0.3) is 6.08 Å². The number of nitrogens with zero attached hydrogens (tertiary/aromatic N) is 2. The quantitative estimate of drug-likeness (QED) is 0.674. The van der Waals surface area contributed by atoms with Crippen molar-refractivity contribution < 1.29 is 14.6 Å². The molecule has 0 fully saturated rings. The maximum absolute atomic E-state index is 10.7. The molecule has 5 nitrogen and oxygen atoms in total. The van der Waals surface area contributed by atoms with Crippen LogP contribution in [-0.4, -0.2) is 16.1 Å². The van der Waals surface area contributed by atoms with Crippen molar-refractivity contribution in [1.82, 2.24) is 4.98 Å². The normalized spacial score (nSPS) is 11.0. The first kappa shape index (κ1) is 15.0. The molecule has 1 heterocycles. The van der Waals surface area contributed by atoms with Gasteiger partial charge in [-0.3, -0.25) is 0 Å². The number of hydrogen-bond acceptors (Lipinski definition) is 5. The highest BCUT2D eigenvalue weighted by Crippen LogP contribution is 2.19. The van der Waals surface area contributed by atoms with Crippen LogP contribution in [0.5, 0.6) is 5.75 Å². The third-order valence-electron chi connectivity index (χ3n) is 2.39. The van der Waals surface area contributed by atoms with E-state index in [1.54, 1.807) is 35.7 Å². The number of aromatic nitrogens is 1. The molecule has 106 valence electrons. The molecule has 0 amide bonds. The molecule has 0 aliphatic heterocycles. The van der Waals surface area contributed by atoms with Gasteiger partial charge in [-0.2, -0.15) is 5.26 Å². The predicted octanol–water partition coefficient (Wildman–Crippen LogP) is 3.37. The molecule has 1 aromatic carbocycles. The molecule has 0 saturated carbocycles. The minimum absolute atomic E-state index is 0.259. The third-order valence-corrected chi connectivity index (χ3v) is 3.48. The van der Waals surface area contributed by atoms with Crippen LogP contribution in [0.4, 0.5) is 0 Å². The number of nitriles is 1. The van der Waals surface area contributed by atoms with Gasteiger partial charge in [0.1, 0.15) is 29.0 Å². The lowest BCUT2D eigenvalue weighted by atomic mass is 10.2. The van der Waals surface area contributed by atoms with E-state index in [-0.39, 0.29) is 12.2 Å². The van der Waals surface area contributed by atoms with Crippen LogP contribution in [0.3, 0.4) is 0 Å². The zero-order valence-corrected chi connectivity index (χ0v) is 12.2. The Kier molecular flexibility index (Phi) is 4.93. The van der Waals surface area contributed by atoms with Crippen molar-refractivity contribution >= 4 is 35.0 Å². The molecule has 2 aromatic rings. The number of carboxylic acids is 1. The maximum atomic E-state index is 10.7. The number of rotatable bonds is 5. The topological polar surface area (TPSA) is 83.2 Å². The Morgan fingerprint density at radius 1 is 1.48 bits per heavy atom. The Labute approximate surface area is 129 Å². The monoisotopic (exact) mass is 320 g/mol. The molecular weight excluding hydrogens is 312 g/mol. The molecule has 21 heavy (non-hydrogen) atoms. The summed E-state index contributed by atoms with van der Waals surface area (Å²) in [5.41, 5.74) is 0.0686. The van der Waals surface area contributed by atoms with Crippen molar-refractivity contribution in [2.24, 2.45) is 0 Å². The predicted molar refractivity (Wildman–Crippen MR) is 79.1 cm³/mol. The van der Waals surface area contributed by atoms with Gasteiger partial charge in [0.25, 0.3) is 0 Å². The highest BCUT2D eigenvalue weighted by molar-refractivity contribution is 7.09. The largest absolute Gasteiger partial charge is 0.486 e. The van der Waals surface area contributed by atoms with Gasteiger partial charge in [-0.05, 0) is 30.3 Å². The first-order chi connectivity index (χ1) is 10.1. The van der Waals surface area contributed by atoms with Crippen molar-refractivity contribution in [3.8, 4) is 11.8 Å². The van der Waals surface area contributed by atoms with Gasteiger partial charge in [0, 0.05) is 10.4 Å². The zero-order chi connectivity index (χ0) is 15.2. The number of carbonyl (C=O) groups is 1. The van der Waals surface area contributed by atoms with Crippen LogP contribution in [0.15, 0.2) is 35.2 Å². The fraction of sp³-hybridized carbons (Fsp3) is 0.0714. The van der Waals surface area contributed by atoms with Crippen LogP contribution in [-0.2, 0) is 11.4 Å². The van der Waals surface area contributed by atoms with Crippen LogP contribution in [0.1, 0.15) is 10.7 Å². The SMILES string of the molecule is N#C/C(=C/c1csc(COc2ccc(Cl)cc2)n1)C(=O)O. The molecule has 7 heteroatoms. The van der Waals surface area contributed by atoms with Gasteiger partial charge in [0.15, 0.2) is 0 Å². The van der Waals surface area contributed by atoms with Crippen molar-refractivity contribution in [2.75, 3.05) is 0 Å². The van der Waals surface area contributed by atoms with Crippen LogP contribution < -0.4 is 4.74 Å². The summed E-state index contributed by atoms with van der Waals surface area (Å²) in [5, 5.41) is 20.4. The summed E-state index contributed by atoms with van der Waals surface area (Å²) >= 11 is 7.10. The molecule has 0 bridgehead atoms. The van der Waals surface area contributed by atoms with Crippen LogP contribution in [0, 0.1) is 11.3 Å². The number of carboxylic acid groups (broad SMARTS) is 1. The van der Waals surface area contributed by atoms with E-state index in [2.05, 4.69) is 4.98 Å². The van der Waals surface area contributed by atoms with E-state index in [0.717, 1.165) is 0 Å². The van der Waals surface area contributed by atoms with Crippen molar-refractivity contribution in [3.05, 3.63) is 50.9 Å². The Morgan fingerprint density at radius 3 is 2.81 bits per heavy atom. The maximum Gasteiger partial charge on any atom is 0.346 e. The molecule has 0 radical (unpaired) electrons. The zero-order valence-electron chi connectivity index (χ0n) is 10.6. The summed E-state index contributed by atoms with van der Waals surface area (Å²) in [6, 6.07) is 8.54. The van der Waals surface area contributed by atoms with E-state index < -0.39 is 5.97 Å². The average Bonchev–Trinajstić information content (AvgIpc) is 2.91. The number of thiazole rings is 1. The molecule has 0 atom stereocenters. The number of hydrogen-bond donors (Lipinski definition) is 1. The molecule has 2 rings (SSSR count). The summed E-state index contributed by atoms with van der Waals surface area (Å²) in [7, 11) is 0. The Bertz CT molecular complexity index is 717. The summed E-state index contributed by atoms with van der Waals surface area (Å²) in [4.78, 5) is 14.9. The van der Waals surface area contributed by atoms with Crippen LogP contribution in [0.2, 0.25) is 5.02 Å². The lowest BCUT2D eigenvalue weighted by Gasteiger charge is -2.03. The minimum Gasteiger partial charge on any atom is -0.486 e. The number of benzene rings is 1. The van der Waals surface area contributed by atoms with Crippen molar-refractivity contribution in [3.63, 3.8) is 0 Å². The van der Waals surface area contributed by atoms with Gasteiger partial charge in [-0.15, -0.1) is 11.3 Å². The van der Waals surface area contributed by atoms with Gasteiger partial charge >= 0.3 is 5.97 Å². The smallest absolute Gasteiger partial charge is 0.346 e. The summed E-state index contributed by atoms with van der Waals surface area (Å²) < 4.78 is 5.53. The van der Waals surface area contributed by atoms with Gasteiger partial charge < -0.3 is 9.84 Å². The Balaban J connectivity index is 2.02. The minimum atomic E-state index is -1.27. The van der Waals surface area contributed by atoms with Crippen LogP contribution >= 0.6 is 22.9 Å². The summed E-state index contributed by atoms with van der Waals surface area (Å²) in [6.45, 7) is 0.259. The van der Waals surface area contributed by atoms with E-state index >= 15 is 0 Å². The summed E-state index contributed by atoms with van der Waals surface area (Å²) in [5.74, 6) is -0.612. The first-order valence-electron chi connectivity index (χ1n) is 5.76. The van der Waals surface area contributed by atoms with Gasteiger partial charge in [-0.1, -0.05) is 11.6 Å². The second-order valence-electron chi connectivity index (χ2n) is 3.88. The fourth-order valence-electron chi connectivity index (χ4n) is 1.42. The molecular formula is C14H9ClN2O3S. The lowest BCUT2D eigenvalue weighted by molar-refractivity contribution is -0.132. The molecule has 0 spiro atoms. The number of ether oxygens (including phenoxy) is 1. The Hall–Kier alpha value is -2.36. The van der Waals surface area contributed by atoms with E-state index in [1.165, 1.54) is 17.4 Å².